The molecule has 0 saturated carbocycles. The Labute approximate surface area is 160 Å². The molecule has 1 aliphatic rings. The van der Waals surface area contributed by atoms with E-state index in [-0.39, 0.29) is 18.3 Å². The first kappa shape index (κ1) is 19.4. The Kier molecular flexibility index (Phi) is 7.22. The van der Waals surface area contributed by atoms with Gasteiger partial charge in [-0.1, -0.05) is 42.5 Å². The van der Waals surface area contributed by atoms with Gasteiger partial charge in [0.1, 0.15) is 0 Å². The van der Waals surface area contributed by atoms with Crippen LogP contribution in [0.15, 0.2) is 54.6 Å². The molecule has 27 heavy (non-hydrogen) atoms. The van der Waals surface area contributed by atoms with Crippen LogP contribution in [0.25, 0.3) is 0 Å². The van der Waals surface area contributed by atoms with E-state index in [1.165, 1.54) is 11.6 Å². The Balaban J connectivity index is 1.39. The smallest absolute Gasteiger partial charge is 0.260 e. The first-order chi connectivity index (χ1) is 13.2. The monoisotopic (exact) mass is 370 g/mol. The Morgan fingerprint density at radius 3 is 2.56 bits per heavy atom. The van der Waals surface area contributed by atoms with Gasteiger partial charge in [0.15, 0.2) is 18.2 Å². The van der Waals surface area contributed by atoms with E-state index in [4.69, 9.17) is 4.74 Å². The van der Waals surface area contributed by atoms with Gasteiger partial charge in [0.25, 0.3) is 5.91 Å². The average molecular weight is 370 g/mol. The lowest BCUT2D eigenvalue weighted by Gasteiger charge is -2.22. The molecule has 1 amide bonds. The highest BCUT2D eigenvalue weighted by Gasteiger charge is 2.19. The minimum atomic E-state index is -0.439. The van der Waals surface area contributed by atoms with Crippen LogP contribution in [0.2, 0.25) is 0 Å². The zero-order valence-electron chi connectivity index (χ0n) is 15.6. The van der Waals surface area contributed by atoms with Crippen LogP contribution in [-0.4, -0.2) is 55.0 Å². The van der Waals surface area contributed by atoms with Crippen LogP contribution in [-0.2, 0) is 11.2 Å². The lowest BCUT2D eigenvalue weighted by Crippen LogP contribution is -2.38. The molecule has 0 bridgehead atoms. The summed E-state index contributed by atoms with van der Waals surface area (Å²) in [5.41, 5.74) is 1.37. The lowest BCUT2D eigenvalue weighted by molar-refractivity contribution is -0.133. The molecule has 5 heteroatoms. The molecular formula is C22H27FN2O2. The number of halogens is 1. The minimum absolute atomic E-state index is 0.0793. The van der Waals surface area contributed by atoms with Crippen molar-refractivity contribution in [1.82, 2.24) is 9.80 Å². The lowest BCUT2D eigenvalue weighted by atomic mass is 10.1. The van der Waals surface area contributed by atoms with Crippen LogP contribution in [0.3, 0.4) is 0 Å². The normalized spacial score (nSPS) is 15.4. The molecule has 0 aromatic heterocycles. The molecule has 0 radical (unpaired) electrons. The summed E-state index contributed by atoms with van der Waals surface area (Å²) in [5.74, 6) is -0.390. The van der Waals surface area contributed by atoms with E-state index in [9.17, 15) is 9.18 Å². The van der Waals surface area contributed by atoms with Gasteiger partial charge in [0.2, 0.25) is 0 Å². The van der Waals surface area contributed by atoms with Gasteiger partial charge in [-0.25, -0.2) is 4.39 Å². The van der Waals surface area contributed by atoms with Crippen LogP contribution in [0.1, 0.15) is 18.4 Å². The number of amides is 1. The molecule has 1 saturated heterocycles. The standard InChI is InChI=1S/C22H27FN2O2/c23-20-11-4-5-12-21(20)27-18-22(26)25-15-7-14-24(16-17-25)13-6-10-19-8-2-1-3-9-19/h1-5,8-9,11-12H,6-7,10,13-18H2. The second-order valence-electron chi connectivity index (χ2n) is 6.88. The van der Waals surface area contributed by atoms with E-state index in [2.05, 4.69) is 29.2 Å². The molecule has 3 rings (SSSR count). The van der Waals surface area contributed by atoms with Gasteiger partial charge in [0, 0.05) is 19.6 Å². The van der Waals surface area contributed by atoms with Gasteiger partial charge >= 0.3 is 0 Å². The highest BCUT2D eigenvalue weighted by molar-refractivity contribution is 5.77. The van der Waals surface area contributed by atoms with Crippen LogP contribution in [0.4, 0.5) is 4.39 Å². The fourth-order valence-corrected chi connectivity index (χ4v) is 3.39. The Bertz CT molecular complexity index is 723. The largest absolute Gasteiger partial charge is 0.481 e. The summed E-state index contributed by atoms with van der Waals surface area (Å²) in [4.78, 5) is 16.7. The molecule has 4 nitrogen and oxygen atoms in total. The molecule has 0 aliphatic carbocycles. The summed E-state index contributed by atoms with van der Waals surface area (Å²) in [5, 5.41) is 0. The maximum atomic E-state index is 13.6. The number of carbonyl (C=O) groups excluding carboxylic acids is 1. The average Bonchev–Trinajstić information content (AvgIpc) is 2.94. The number of rotatable bonds is 7. The third-order valence-electron chi connectivity index (χ3n) is 4.91. The van der Waals surface area contributed by atoms with Crippen molar-refractivity contribution in [2.45, 2.75) is 19.3 Å². The molecule has 1 heterocycles. The number of benzene rings is 2. The topological polar surface area (TPSA) is 32.8 Å². The number of aryl methyl sites for hydroxylation is 1. The second kappa shape index (κ2) is 10.1. The third-order valence-corrected chi connectivity index (χ3v) is 4.91. The molecular weight excluding hydrogens is 343 g/mol. The predicted octanol–water partition coefficient (Wildman–Crippen LogP) is 3.37. The van der Waals surface area contributed by atoms with Crippen molar-refractivity contribution in [3.63, 3.8) is 0 Å². The summed E-state index contributed by atoms with van der Waals surface area (Å²) in [6.07, 6.45) is 3.15. The number of carbonyl (C=O) groups is 1. The number of nitrogens with zero attached hydrogens (tertiary/aromatic N) is 2. The van der Waals surface area contributed by atoms with Crippen LogP contribution >= 0.6 is 0 Å². The van der Waals surface area contributed by atoms with Gasteiger partial charge in [-0.05, 0) is 50.0 Å². The highest BCUT2D eigenvalue weighted by Crippen LogP contribution is 2.15. The van der Waals surface area contributed by atoms with Crippen molar-refractivity contribution in [2.24, 2.45) is 0 Å². The zero-order valence-corrected chi connectivity index (χ0v) is 15.6. The summed E-state index contributed by atoms with van der Waals surface area (Å²) in [6, 6.07) is 16.7. The van der Waals surface area contributed by atoms with Gasteiger partial charge in [-0.2, -0.15) is 0 Å². The van der Waals surface area contributed by atoms with Crippen molar-refractivity contribution in [3.05, 3.63) is 66.0 Å². The van der Waals surface area contributed by atoms with Crippen LogP contribution in [0.5, 0.6) is 5.75 Å². The fourth-order valence-electron chi connectivity index (χ4n) is 3.39. The number of hydrogen-bond acceptors (Lipinski definition) is 3. The molecule has 0 unspecified atom stereocenters. The molecule has 0 spiro atoms. The van der Waals surface area contributed by atoms with E-state index in [0.717, 1.165) is 45.4 Å². The zero-order chi connectivity index (χ0) is 18.9. The molecule has 1 aliphatic heterocycles. The molecule has 0 atom stereocenters. The third kappa shape index (κ3) is 6.07. The summed E-state index contributed by atoms with van der Waals surface area (Å²) in [6.45, 7) is 4.24. The molecule has 1 fully saturated rings. The SMILES string of the molecule is O=C(COc1ccccc1F)N1CCCN(CCCc2ccccc2)CC1. The van der Waals surface area contributed by atoms with E-state index >= 15 is 0 Å². The maximum absolute atomic E-state index is 13.6. The summed E-state index contributed by atoms with van der Waals surface area (Å²) >= 11 is 0. The van der Waals surface area contributed by atoms with E-state index < -0.39 is 5.82 Å². The van der Waals surface area contributed by atoms with Crippen molar-refractivity contribution in [1.29, 1.82) is 0 Å². The molecule has 144 valence electrons. The first-order valence-corrected chi connectivity index (χ1v) is 9.64. The number of hydrogen-bond donors (Lipinski definition) is 0. The van der Waals surface area contributed by atoms with Crippen molar-refractivity contribution < 1.29 is 13.9 Å². The van der Waals surface area contributed by atoms with Crippen LogP contribution < -0.4 is 4.74 Å². The minimum Gasteiger partial charge on any atom is -0.481 e. The molecule has 2 aromatic carbocycles. The molecule has 2 aromatic rings. The maximum Gasteiger partial charge on any atom is 0.260 e. The van der Waals surface area contributed by atoms with Crippen molar-refractivity contribution in [2.75, 3.05) is 39.3 Å². The van der Waals surface area contributed by atoms with E-state index in [1.54, 1.807) is 18.2 Å². The van der Waals surface area contributed by atoms with Crippen LogP contribution in [0, 0.1) is 5.82 Å². The van der Waals surface area contributed by atoms with Crippen molar-refractivity contribution >= 4 is 5.91 Å². The quantitative estimate of drug-likeness (QED) is 0.749. The van der Waals surface area contributed by atoms with Gasteiger partial charge in [-0.15, -0.1) is 0 Å². The van der Waals surface area contributed by atoms with Gasteiger partial charge in [-0.3, -0.25) is 4.79 Å². The Morgan fingerprint density at radius 1 is 0.963 bits per heavy atom. The molecule has 0 N–H and O–H groups in total. The second-order valence-corrected chi connectivity index (χ2v) is 6.88. The fraction of sp³-hybridized carbons (Fsp3) is 0.409. The van der Waals surface area contributed by atoms with Gasteiger partial charge < -0.3 is 14.5 Å². The first-order valence-electron chi connectivity index (χ1n) is 9.64. The van der Waals surface area contributed by atoms with Gasteiger partial charge in [0.05, 0.1) is 0 Å². The number of ether oxygens (including phenoxy) is 1. The summed E-state index contributed by atoms with van der Waals surface area (Å²) in [7, 11) is 0. The van der Waals surface area contributed by atoms with E-state index in [1.807, 2.05) is 11.0 Å². The number of para-hydroxylation sites is 1. The van der Waals surface area contributed by atoms with E-state index in [0.29, 0.717) is 6.54 Å². The Hall–Kier alpha value is -2.40. The van der Waals surface area contributed by atoms with Crippen molar-refractivity contribution in [3.8, 4) is 5.75 Å². The summed E-state index contributed by atoms with van der Waals surface area (Å²) < 4.78 is 18.9. The Morgan fingerprint density at radius 2 is 1.74 bits per heavy atom. The highest BCUT2D eigenvalue weighted by atomic mass is 19.1. The predicted molar refractivity (Wildman–Crippen MR) is 104 cm³/mol.